The first-order valence-electron chi connectivity index (χ1n) is 4.91. The highest BCUT2D eigenvalue weighted by Crippen LogP contribution is 2.28. The second kappa shape index (κ2) is 4.52. The third kappa shape index (κ3) is 3.36. The van der Waals surface area contributed by atoms with E-state index in [-0.39, 0.29) is 0 Å². The fourth-order valence-corrected chi connectivity index (χ4v) is 2.95. The molecule has 0 spiro atoms. The quantitative estimate of drug-likeness (QED) is 0.728. The summed E-state index contributed by atoms with van der Waals surface area (Å²) in [4.78, 5) is 0. The Morgan fingerprint density at radius 1 is 1.50 bits per heavy atom. The Hall–Kier alpha value is 0.310. The molecule has 2 heteroatoms. The highest BCUT2D eigenvalue weighted by molar-refractivity contribution is 7.99. The minimum atomic E-state index is 0.336. The van der Waals surface area contributed by atoms with Crippen LogP contribution in [0.1, 0.15) is 33.1 Å². The van der Waals surface area contributed by atoms with Gasteiger partial charge in [-0.15, -0.1) is 0 Å². The van der Waals surface area contributed by atoms with Crippen molar-refractivity contribution in [3.05, 3.63) is 0 Å². The van der Waals surface area contributed by atoms with Crippen LogP contribution in [0.15, 0.2) is 0 Å². The van der Waals surface area contributed by atoms with Gasteiger partial charge in [0.25, 0.3) is 0 Å². The highest BCUT2D eigenvalue weighted by Gasteiger charge is 2.22. The zero-order chi connectivity index (χ0) is 9.03. The Bertz CT molecular complexity index is 128. The molecule has 1 aliphatic heterocycles. The smallest absolute Gasteiger partial charge is 0.0125 e. The number of thioether (sulfide) groups is 1. The van der Waals surface area contributed by atoms with Crippen molar-refractivity contribution in [1.29, 1.82) is 0 Å². The van der Waals surface area contributed by atoms with Crippen molar-refractivity contribution in [3.8, 4) is 0 Å². The molecule has 1 nitrogen and oxygen atoms in total. The van der Waals surface area contributed by atoms with Crippen LogP contribution < -0.4 is 5.32 Å². The van der Waals surface area contributed by atoms with Gasteiger partial charge in [-0.3, -0.25) is 0 Å². The van der Waals surface area contributed by atoms with E-state index in [0.717, 1.165) is 5.92 Å². The van der Waals surface area contributed by atoms with Crippen LogP contribution in [0.25, 0.3) is 0 Å². The SMILES string of the molecule is CNC(C)(C)CC1CCCSC1. The number of hydrogen-bond donors (Lipinski definition) is 1. The molecule has 1 unspecified atom stereocenters. The fraction of sp³-hybridized carbons (Fsp3) is 1.00. The molecule has 0 amide bonds. The first kappa shape index (κ1) is 10.4. The monoisotopic (exact) mass is 187 g/mol. The van der Waals surface area contributed by atoms with Crippen LogP contribution in [0, 0.1) is 5.92 Å². The molecular weight excluding hydrogens is 166 g/mol. The van der Waals surface area contributed by atoms with Crippen LogP contribution in [0.3, 0.4) is 0 Å². The molecule has 0 aliphatic carbocycles. The van der Waals surface area contributed by atoms with Gasteiger partial charge in [0.05, 0.1) is 0 Å². The summed E-state index contributed by atoms with van der Waals surface area (Å²) in [6.45, 7) is 4.60. The van der Waals surface area contributed by atoms with E-state index in [2.05, 4.69) is 38.0 Å². The summed E-state index contributed by atoms with van der Waals surface area (Å²) in [5, 5.41) is 3.38. The van der Waals surface area contributed by atoms with Gasteiger partial charge in [0.15, 0.2) is 0 Å². The van der Waals surface area contributed by atoms with Crippen molar-refractivity contribution in [3.63, 3.8) is 0 Å². The molecule has 0 radical (unpaired) electrons. The van der Waals surface area contributed by atoms with Gasteiger partial charge in [-0.05, 0) is 57.6 Å². The Morgan fingerprint density at radius 3 is 2.75 bits per heavy atom. The number of rotatable bonds is 3. The average Bonchev–Trinajstić information content (AvgIpc) is 2.06. The van der Waals surface area contributed by atoms with E-state index in [9.17, 15) is 0 Å². The van der Waals surface area contributed by atoms with Gasteiger partial charge in [-0.25, -0.2) is 0 Å². The van der Waals surface area contributed by atoms with Crippen molar-refractivity contribution < 1.29 is 0 Å². The topological polar surface area (TPSA) is 12.0 Å². The predicted octanol–water partition coefficient (Wildman–Crippen LogP) is 2.52. The average molecular weight is 187 g/mol. The standard InChI is InChI=1S/C10H21NS/c1-10(2,11-3)7-9-5-4-6-12-8-9/h9,11H,4-8H2,1-3H3. The van der Waals surface area contributed by atoms with Crippen LogP contribution in [0.4, 0.5) is 0 Å². The van der Waals surface area contributed by atoms with E-state index in [1.807, 2.05) is 0 Å². The lowest BCUT2D eigenvalue weighted by atomic mass is 9.89. The molecule has 1 aliphatic rings. The molecule has 1 N–H and O–H groups in total. The third-order valence-corrected chi connectivity index (χ3v) is 4.01. The van der Waals surface area contributed by atoms with Crippen molar-refractivity contribution in [2.24, 2.45) is 5.92 Å². The van der Waals surface area contributed by atoms with E-state index in [1.165, 1.54) is 30.8 Å². The molecule has 1 rings (SSSR count). The van der Waals surface area contributed by atoms with Crippen LogP contribution in [0.5, 0.6) is 0 Å². The number of hydrogen-bond acceptors (Lipinski definition) is 2. The Kier molecular flexibility index (Phi) is 3.91. The molecular formula is C10H21NS. The summed E-state index contributed by atoms with van der Waals surface area (Å²) in [6, 6.07) is 0. The van der Waals surface area contributed by atoms with Gasteiger partial charge in [-0.2, -0.15) is 11.8 Å². The van der Waals surface area contributed by atoms with Gasteiger partial charge >= 0.3 is 0 Å². The summed E-state index contributed by atoms with van der Waals surface area (Å²) < 4.78 is 0. The van der Waals surface area contributed by atoms with Gasteiger partial charge in [0, 0.05) is 5.54 Å². The van der Waals surface area contributed by atoms with Crippen molar-refractivity contribution >= 4 is 11.8 Å². The molecule has 0 aromatic carbocycles. The molecule has 1 heterocycles. The molecule has 1 fully saturated rings. The zero-order valence-corrected chi connectivity index (χ0v) is 9.34. The lowest BCUT2D eigenvalue weighted by Crippen LogP contribution is -2.39. The summed E-state index contributed by atoms with van der Waals surface area (Å²) >= 11 is 2.13. The van der Waals surface area contributed by atoms with Crippen LogP contribution in [0.2, 0.25) is 0 Å². The van der Waals surface area contributed by atoms with Gasteiger partial charge in [0.2, 0.25) is 0 Å². The molecule has 0 aromatic heterocycles. The van der Waals surface area contributed by atoms with Crippen molar-refractivity contribution in [2.45, 2.75) is 38.6 Å². The maximum Gasteiger partial charge on any atom is 0.0125 e. The molecule has 12 heavy (non-hydrogen) atoms. The molecule has 72 valence electrons. The maximum atomic E-state index is 3.38. The lowest BCUT2D eigenvalue weighted by Gasteiger charge is -2.31. The van der Waals surface area contributed by atoms with Crippen molar-refractivity contribution in [2.75, 3.05) is 18.6 Å². The van der Waals surface area contributed by atoms with Crippen LogP contribution >= 0.6 is 11.8 Å². The summed E-state index contributed by atoms with van der Waals surface area (Å²) in [5.74, 6) is 3.72. The maximum absolute atomic E-state index is 3.38. The van der Waals surface area contributed by atoms with E-state index in [0.29, 0.717) is 5.54 Å². The van der Waals surface area contributed by atoms with E-state index < -0.39 is 0 Å². The largest absolute Gasteiger partial charge is 0.315 e. The Morgan fingerprint density at radius 2 is 2.25 bits per heavy atom. The highest BCUT2D eigenvalue weighted by atomic mass is 32.2. The molecule has 0 saturated carbocycles. The second-order valence-corrected chi connectivity index (χ2v) is 5.57. The van der Waals surface area contributed by atoms with Gasteiger partial charge < -0.3 is 5.32 Å². The zero-order valence-electron chi connectivity index (χ0n) is 8.52. The Balaban J connectivity index is 2.28. The second-order valence-electron chi connectivity index (χ2n) is 4.42. The molecule has 0 aromatic rings. The predicted molar refractivity (Wildman–Crippen MR) is 57.8 cm³/mol. The Labute approximate surface area is 80.7 Å². The van der Waals surface area contributed by atoms with E-state index >= 15 is 0 Å². The molecule has 1 atom stereocenters. The first-order chi connectivity index (χ1) is 5.64. The van der Waals surface area contributed by atoms with E-state index in [4.69, 9.17) is 0 Å². The van der Waals surface area contributed by atoms with Crippen LogP contribution in [-0.4, -0.2) is 24.1 Å². The summed E-state index contributed by atoms with van der Waals surface area (Å²) in [7, 11) is 2.07. The van der Waals surface area contributed by atoms with Gasteiger partial charge in [-0.1, -0.05) is 0 Å². The van der Waals surface area contributed by atoms with E-state index in [1.54, 1.807) is 0 Å². The normalized spacial score (nSPS) is 25.8. The minimum absolute atomic E-state index is 0.336. The number of nitrogens with one attached hydrogen (secondary N) is 1. The van der Waals surface area contributed by atoms with Crippen LogP contribution in [-0.2, 0) is 0 Å². The fourth-order valence-electron chi connectivity index (χ4n) is 1.79. The first-order valence-corrected chi connectivity index (χ1v) is 6.06. The molecule has 1 saturated heterocycles. The lowest BCUT2D eigenvalue weighted by molar-refractivity contribution is 0.316. The summed E-state index contributed by atoms with van der Waals surface area (Å²) in [5.41, 5.74) is 0.336. The van der Waals surface area contributed by atoms with Crippen molar-refractivity contribution in [1.82, 2.24) is 5.32 Å². The summed E-state index contributed by atoms with van der Waals surface area (Å²) in [6.07, 6.45) is 4.20. The molecule has 0 bridgehead atoms. The third-order valence-electron chi connectivity index (χ3n) is 2.73. The van der Waals surface area contributed by atoms with Gasteiger partial charge in [0.1, 0.15) is 0 Å². The minimum Gasteiger partial charge on any atom is -0.315 e.